The van der Waals surface area contributed by atoms with Gasteiger partial charge in [-0.15, -0.1) is 0 Å². The molecule has 1 N–H and O–H groups in total. The zero-order chi connectivity index (χ0) is 18.1. The second-order valence-corrected chi connectivity index (χ2v) is 5.39. The third-order valence-corrected chi connectivity index (χ3v) is 3.39. The molecule has 0 aliphatic rings. The monoisotopic (exact) mass is 345 g/mol. The standard InChI is InChI=1S/C19H23NO5/c1-14(12-24-16-10-8-15(22-2)9-11-16)20-19(21)13-25-18-7-5-4-6-17(18)23-3/h4-11,14H,12-13H2,1-3H3,(H,20,21)/t14-/m0/s1. The summed E-state index contributed by atoms with van der Waals surface area (Å²) in [4.78, 5) is 12.0. The number of methoxy groups -OCH3 is 2. The second-order valence-electron chi connectivity index (χ2n) is 5.39. The number of para-hydroxylation sites is 2. The third kappa shape index (κ3) is 5.91. The largest absolute Gasteiger partial charge is 0.497 e. The van der Waals surface area contributed by atoms with E-state index in [1.54, 1.807) is 26.4 Å². The van der Waals surface area contributed by atoms with Gasteiger partial charge in [0.25, 0.3) is 5.91 Å². The van der Waals surface area contributed by atoms with Crippen LogP contribution in [-0.4, -0.2) is 39.4 Å². The molecule has 25 heavy (non-hydrogen) atoms. The Morgan fingerprint density at radius 2 is 1.56 bits per heavy atom. The number of hydrogen-bond acceptors (Lipinski definition) is 5. The number of rotatable bonds is 9. The lowest BCUT2D eigenvalue weighted by molar-refractivity contribution is -0.123. The van der Waals surface area contributed by atoms with Gasteiger partial charge in [0.05, 0.1) is 20.3 Å². The minimum absolute atomic E-state index is 0.0900. The average molecular weight is 345 g/mol. The van der Waals surface area contributed by atoms with Crippen LogP contribution < -0.4 is 24.3 Å². The number of carbonyl (C=O) groups excluding carboxylic acids is 1. The van der Waals surface area contributed by atoms with Gasteiger partial charge >= 0.3 is 0 Å². The van der Waals surface area contributed by atoms with Crippen LogP contribution in [0.4, 0.5) is 0 Å². The van der Waals surface area contributed by atoms with Crippen molar-refractivity contribution in [1.82, 2.24) is 5.32 Å². The number of ether oxygens (including phenoxy) is 4. The molecule has 0 unspecified atom stereocenters. The Morgan fingerprint density at radius 3 is 2.20 bits per heavy atom. The Bertz CT molecular complexity index is 672. The lowest BCUT2D eigenvalue weighted by atomic mass is 10.3. The van der Waals surface area contributed by atoms with Crippen LogP contribution in [0.15, 0.2) is 48.5 Å². The summed E-state index contributed by atoms with van der Waals surface area (Å²) in [7, 11) is 3.17. The first-order valence-electron chi connectivity index (χ1n) is 7.94. The summed E-state index contributed by atoms with van der Waals surface area (Å²) >= 11 is 0. The number of nitrogens with one attached hydrogen (secondary N) is 1. The molecule has 0 aliphatic heterocycles. The van der Waals surface area contributed by atoms with Crippen LogP contribution in [0, 0.1) is 0 Å². The first-order valence-corrected chi connectivity index (χ1v) is 7.94. The number of benzene rings is 2. The molecule has 0 aliphatic carbocycles. The first-order chi connectivity index (χ1) is 12.1. The molecule has 0 bridgehead atoms. The molecular weight excluding hydrogens is 322 g/mol. The van der Waals surface area contributed by atoms with Crippen LogP contribution in [0.1, 0.15) is 6.92 Å². The Balaban J connectivity index is 1.73. The van der Waals surface area contributed by atoms with Crippen LogP contribution in [0.5, 0.6) is 23.0 Å². The smallest absolute Gasteiger partial charge is 0.258 e. The fourth-order valence-electron chi connectivity index (χ4n) is 2.13. The van der Waals surface area contributed by atoms with Gasteiger partial charge in [0, 0.05) is 0 Å². The third-order valence-electron chi connectivity index (χ3n) is 3.39. The van der Waals surface area contributed by atoms with Gasteiger partial charge in [-0.25, -0.2) is 0 Å². The molecule has 2 rings (SSSR count). The lowest BCUT2D eigenvalue weighted by Crippen LogP contribution is -2.39. The predicted octanol–water partition coefficient (Wildman–Crippen LogP) is 2.67. The summed E-state index contributed by atoms with van der Waals surface area (Å²) in [6.45, 7) is 2.13. The zero-order valence-electron chi connectivity index (χ0n) is 14.7. The molecule has 0 spiro atoms. The average Bonchev–Trinajstić information content (AvgIpc) is 2.65. The maximum atomic E-state index is 12.0. The van der Waals surface area contributed by atoms with Crippen molar-refractivity contribution in [2.75, 3.05) is 27.4 Å². The van der Waals surface area contributed by atoms with Gasteiger partial charge in [0.1, 0.15) is 18.1 Å². The van der Waals surface area contributed by atoms with Gasteiger partial charge in [-0.05, 0) is 43.3 Å². The van der Waals surface area contributed by atoms with Gasteiger partial charge in [0.15, 0.2) is 18.1 Å². The lowest BCUT2D eigenvalue weighted by Gasteiger charge is -2.16. The van der Waals surface area contributed by atoms with E-state index in [0.717, 1.165) is 5.75 Å². The second kappa shape index (κ2) is 9.42. The van der Waals surface area contributed by atoms with Crippen LogP contribution in [0.25, 0.3) is 0 Å². The van der Waals surface area contributed by atoms with Crippen molar-refractivity contribution in [3.63, 3.8) is 0 Å². The first kappa shape index (κ1) is 18.4. The highest BCUT2D eigenvalue weighted by Gasteiger charge is 2.10. The summed E-state index contributed by atoms with van der Waals surface area (Å²) in [6.07, 6.45) is 0. The fourth-order valence-corrected chi connectivity index (χ4v) is 2.13. The van der Waals surface area contributed by atoms with Gasteiger partial charge in [-0.1, -0.05) is 12.1 Å². The molecule has 1 atom stereocenters. The fraction of sp³-hybridized carbons (Fsp3) is 0.316. The molecule has 0 aromatic heterocycles. The van der Waals surface area contributed by atoms with Crippen molar-refractivity contribution < 1.29 is 23.7 Å². The molecule has 0 saturated carbocycles. The van der Waals surface area contributed by atoms with E-state index < -0.39 is 0 Å². The van der Waals surface area contributed by atoms with Gasteiger partial charge in [-0.2, -0.15) is 0 Å². The van der Waals surface area contributed by atoms with E-state index in [0.29, 0.717) is 23.9 Å². The van der Waals surface area contributed by atoms with E-state index >= 15 is 0 Å². The Kier molecular flexibility index (Phi) is 6.95. The van der Waals surface area contributed by atoms with Gasteiger partial charge in [0.2, 0.25) is 0 Å². The predicted molar refractivity (Wildman–Crippen MR) is 94.6 cm³/mol. The van der Waals surface area contributed by atoms with Crippen molar-refractivity contribution in [3.8, 4) is 23.0 Å². The molecule has 6 nitrogen and oxygen atoms in total. The maximum absolute atomic E-state index is 12.0. The molecular formula is C19H23NO5. The number of amides is 1. The van der Waals surface area contributed by atoms with Crippen molar-refractivity contribution in [2.24, 2.45) is 0 Å². The van der Waals surface area contributed by atoms with E-state index in [2.05, 4.69) is 5.32 Å². The SMILES string of the molecule is COc1ccc(OC[C@H](C)NC(=O)COc2ccccc2OC)cc1. The topological polar surface area (TPSA) is 66.0 Å². The van der Waals surface area contributed by atoms with E-state index in [9.17, 15) is 4.79 Å². The van der Waals surface area contributed by atoms with E-state index in [1.165, 1.54) is 0 Å². The molecule has 0 saturated heterocycles. The number of carbonyl (C=O) groups is 1. The summed E-state index contributed by atoms with van der Waals surface area (Å²) in [5.41, 5.74) is 0. The van der Waals surface area contributed by atoms with Crippen molar-refractivity contribution in [2.45, 2.75) is 13.0 Å². The van der Waals surface area contributed by atoms with Gasteiger partial charge in [-0.3, -0.25) is 4.79 Å². The highest BCUT2D eigenvalue weighted by molar-refractivity contribution is 5.77. The molecule has 6 heteroatoms. The van der Waals surface area contributed by atoms with Crippen molar-refractivity contribution in [1.29, 1.82) is 0 Å². The normalized spacial score (nSPS) is 11.3. The van der Waals surface area contributed by atoms with E-state index in [-0.39, 0.29) is 18.6 Å². The summed E-state index contributed by atoms with van der Waals surface area (Å²) in [6, 6.07) is 14.3. The highest BCUT2D eigenvalue weighted by atomic mass is 16.5. The maximum Gasteiger partial charge on any atom is 0.258 e. The molecule has 134 valence electrons. The molecule has 0 fully saturated rings. The Morgan fingerprint density at radius 1 is 0.920 bits per heavy atom. The van der Waals surface area contributed by atoms with E-state index in [4.69, 9.17) is 18.9 Å². The van der Waals surface area contributed by atoms with Crippen LogP contribution in [0.2, 0.25) is 0 Å². The summed E-state index contributed by atoms with van der Waals surface area (Å²) < 4.78 is 21.4. The molecule has 0 radical (unpaired) electrons. The molecule has 0 heterocycles. The minimum Gasteiger partial charge on any atom is -0.497 e. The zero-order valence-corrected chi connectivity index (χ0v) is 14.7. The summed E-state index contributed by atoms with van der Waals surface area (Å²) in [5.74, 6) is 2.37. The number of hydrogen-bond donors (Lipinski definition) is 1. The summed E-state index contributed by atoms with van der Waals surface area (Å²) in [5, 5.41) is 2.83. The van der Waals surface area contributed by atoms with Crippen LogP contribution in [0.3, 0.4) is 0 Å². The van der Waals surface area contributed by atoms with Crippen molar-refractivity contribution >= 4 is 5.91 Å². The quantitative estimate of drug-likeness (QED) is 0.757. The van der Waals surface area contributed by atoms with Crippen molar-refractivity contribution in [3.05, 3.63) is 48.5 Å². The van der Waals surface area contributed by atoms with E-state index in [1.807, 2.05) is 43.3 Å². The minimum atomic E-state index is -0.225. The molecule has 2 aromatic rings. The highest BCUT2D eigenvalue weighted by Crippen LogP contribution is 2.25. The molecule has 1 amide bonds. The van der Waals surface area contributed by atoms with Crippen LogP contribution >= 0.6 is 0 Å². The molecule has 2 aromatic carbocycles. The Hall–Kier alpha value is -2.89. The van der Waals surface area contributed by atoms with Crippen LogP contribution in [-0.2, 0) is 4.79 Å². The van der Waals surface area contributed by atoms with Gasteiger partial charge < -0.3 is 24.3 Å². The Labute approximate surface area is 147 Å².